The van der Waals surface area contributed by atoms with Crippen molar-refractivity contribution in [1.82, 2.24) is 0 Å². The minimum absolute atomic E-state index is 0.812. The molecule has 64 heavy (non-hydrogen) atoms. The first kappa shape index (κ1) is 37.3. The van der Waals surface area contributed by atoms with Crippen molar-refractivity contribution in [3.63, 3.8) is 0 Å². The van der Waals surface area contributed by atoms with Crippen LogP contribution in [0.5, 0.6) is 11.5 Å². The van der Waals surface area contributed by atoms with Gasteiger partial charge in [-0.1, -0.05) is 188 Å². The van der Waals surface area contributed by atoms with E-state index in [-0.39, 0.29) is 0 Å². The van der Waals surface area contributed by atoms with Gasteiger partial charge in [0.05, 0.1) is 5.69 Å². The molecule has 2 nitrogen and oxygen atoms in total. The van der Waals surface area contributed by atoms with E-state index in [0.29, 0.717) is 0 Å². The Bertz CT molecular complexity index is 3480. The average molecular weight is 816 g/mol. The first-order chi connectivity index (χ1) is 31.7. The van der Waals surface area contributed by atoms with Crippen LogP contribution in [-0.2, 0) is 0 Å². The van der Waals surface area contributed by atoms with Crippen LogP contribution in [0.3, 0.4) is 0 Å². The van der Waals surface area contributed by atoms with Crippen LogP contribution in [0.4, 0.5) is 17.1 Å². The Hall–Kier alpha value is -8.46. The molecule has 0 spiro atoms. The van der Waals surface area contributed by atoms with E-state index < -0.39 is 0 Å². The fourth-order valence-corrected chi connectivity index (χ4v) is 9.47. The lowest BCUT2D eigenvalue weighted by atomic mass is 9.88. The molecule has 1 heterocycles. The number of nitrogens with zero attached hydrogens (tertiary/aromatic N) is 1. The van der Waals surface area contributed by atoms with E-state index in [1.54, 1.807) is 0 Å². The lowest BCUT2D eigenvalue weighted by Gasteiger charge is -2.29. The van der Waals surface area contributed by atoms with Gasteiger partial charge in [0, 0.05) is 22.5 Å². The molecular formula is C62H41NO. The number of hydrogen-bond donors (Lipinski definition) is 0. The topological polar surface area (TPSA) is 12.5 Å². The first-order valence-electron chi connectivity index (χ1n) is 21.9. The van der Waals surface area contributed by atoms with Gasteiger partial charge in [-0.2, -0.15) is 0 Å². The summed E-state index contributed by atoms with van der Waals surface area (Å²) in [5, 5.41) is 4.81. The summed E-state index contributed by atoms with van der Waals surface area (Å²) >= 11 is 0. The van der Waals surface area contributed by atoms with E-state index in [4.69, 9.17) is 4.74 Å². The Labute approximate surface area is 373 Å². The zero-order chi connectivity index (χ0) is 42.4. The molecule has 12 rings (SSSR count). The van der Waals surface area contributed by atoms with Crippen molar-refractivity contribution in [1.29, 1.82) is 0 Å². The predicted octanol–water partition coefficient (Wildman–Crippen LogP) is 17.6. The largest absolute Gasteiger partial charge is 0.456 e. The van der Waals surface area contributed by atoms with E-state index in [0.717, 1.165) is 61.9 Å². The van der Waals surface area contributed by atoms with Crippen LogP contribution in [0.1, 0.15) is 0 Å². The van der Waals surface area contributed by atoms with Crippen molar-refractivity contribution in [2.24, 2.45) is 0 Å². The molecule has 0 bridgehead atoms. The minimum Gasteiger partial charge on any atom is -0.456 e. The molecule has 2 heteroatoms. The highest BCUT2D eigenvalue weighted by molar-refractivity contribution is 6.05. The number of anilines is 3. The van der Waals surface area contributed by atoms with E-state index >= 15 is 0 Å². The Kier molecular flexibility index (Phi) is 9.20. The van der Waals surface area contributed by atoms with Gasteiger partial charge in [-0.15, -0.1) is 0 Å². The smallest absolute Gasteiger partial charge is 0.137 e. The third-order valence-corrected chi connectivity index (χ3v) is 12.7. The summed E-state index contributed by atoms with van der Waals surface area (Å²) in [4.78, 5) is 2.38. The summed E-state index contributed by atoms with van der Waals surface area (Å²) in [6.07, 6.45) is 0. The fourth-order valence-electron chi connectivity index (χ4n) is 9.47. The van der Waals surface area contributed by atoms with E-state index in [1.807, 2.05) is 0 Å². The van der Waals surface area contributed by atoms with Crippen LogP contribution in [0, 0.1) is 0 Å². The van der Waals surface area contributed by atoms with Gasteiger partial charge in [-0.3, -0.25) is 0 Å². The number of hydrogen-bond acceptors (Lipinski definition) is 2. The molecule has 1 aliphatic rings. The average Bonchev–Trinajstić information content (AvgIpc) is 3.50. The minimum atomic E-state index is 0.812. The molecule has 0 radical (unpaired) electrons. The van der Waals surface area contributed by atoms with Crippen molar-refractivity contribution in [3.05, 3.63) is 249 Å². The van der Waals surface area contributed by atoms with Gasteiger partial charge in [-0.05, 0) is 138 Å². The van der Waals surface area contributed by atoms with Gasteiger partial charge < -0.3 is 9.64 Å². The molecule has 1 aliphatic heterocycles. The summed E-state index contributed by atoms with van der Waals surface area (Å²) in [5.41, 5.74) is 17.0. The van der Waals surface area contributed by atoms with E-state index in [9.17, 15) is 0 Å². The molecule has 11 aromatic carbocycles. The molecular weight excluding hydrogens is 775 g/mol. The third-order valence-electron chi connectivity index (χ3n) is 12.7. The molecule has 300 valence electrons. The summed E-state index contributed by atoms with van der Waals surface area (Å²) in [7, 11) is 0. The number of fused-ring (bicyclic) bond motifs is 7. The van der Waals surface area contributed by atoms with Crippen molar-refractivity contribution < 1.29 is 4.74 Å². The fraction of sp³-hybridized carbons (Fsp3) is 0. The molecule has 0 unspecified atom stereocenters. The maximum Gasteiger partial charge on any atom is 0.137 e. The summed E-state index contributed by atoms with van der Waals surface area (Å²) < 4.78 is 7.12. The second-order valence-corrected chi connectivity index (χ2v) is 16.5. The number of ether oxygens (including phenoxy) is 1. The third kappa shape index (κ3) is 6.70. The Morgan fingerprint density at radius 2 is 0.734 bits per heavy atom. The van der Waals surface area contributed by atoms with Crippen molar-refractivity contribution in [3.8, 4) is 78.3 Å². The zero-order valence-electron chi connectivity index (χ0n) is 35.0. The van der Waals surface area contributed by atoms with Gasteiger partial charge in [0.1, 0.15) is 11.5 Å². The standard InChI is InChI=1S/C62H41NO/c1-3-13-42(14-4-1)44-25-27-45(28-26-44)47-31-36-53(37-32-47)63(52-34-29-46(30-35-52)43-15-5-2-6-16-43)59-23-12-24-61-62(59)58-40-50-19-8-7-18-49(50)39-56(58)57-41-51(33-38-60(57)64-61)55-22-11-20-48-17-9-10-21-54(48)55/h1-41H. The highest BCUT2D eigenvalue weighted by atomic mass is 16.5. The van der Waals surface area contributed by atoms with Crippen LogP contribution in [0.15, 0.2) is 249 Å². The van der Waals surface area contributed by atoms with Crippen molar-refractivity contribution >= 4 is 38.6 Å². The predicted molar refractivity (Wildman–Crippen MR) is 269 cm³/mol. The zero-order valence-corrected chi connectivity index (χ0v) is 35.0. The highest BCUT2D eigenvalue weighted by Gasteiger charge is 2.28. The van der Waals surface area contributed by atoms with Gasteiger partial charge in [0.2, 0.25) is 0 Å². The Balaban J connectivity index is 1.03. The van der Waals surface area contributed by atoms with Crippen molar-refractivity contribution in [2.45, 2.75) is 0 Å². The highest BCUT2D eigenvalue weighted by Crippen LogP contribution is 2.54. The summed E-state index contributed by atoms with van der Waals surface area (Å²) in [6, 6.07) is 89.6. The van der Waals surface area contributed by atoms with Crippen LogP contribution in [0.25, 0.3) is 88.3 Å². The second kappa shape index (κ2) is 15.8. The molecule has 0 N–H and O–H groups in total. The van der Waals surface area contributed by atoms with E-state index in [1.165, 1.54) is 54.9 Å². The maximum absolute atomic E-state index is 7.12. The molecule has 0 atom stereocenters. The summed E-state index contributed by atoms with van der Waals surface area (Å²) in [6.45, 7) is 0. The van der Waals surface area contributed by atoms with Gasteiger partial charge in [0.25, 0.3) is 0 Å². The monoisotopic (exact) mass is 815 g/mol. The maximum atomic E-state index is 7.12. The molecule has 0 aliphatic carbocycles. The van der Waals surface area contributed by atoms with Gasteiger partial charge in [-0.25, -0.2) is 0 Å². The van der Waals surface area contributed by atoms with Crippen LogP contribution in [-0.4, -0.2) is 0 Å². The molecule has 0 fully saturated rings. The molecule has 0 aromatic heterocycles. The SMILES string of the molecule is c1ccc(-c2ccc(-c3ccc(N(c4ccc(-c5ccccc5)cc4)c4cccc5c4-c4cc6ccccc6cc4-c4cc(-c6cccc7ccccc67)ccc4O5)cc3)cc2)cc1. The van der Waals surface area contributed by atoms with Crippen LogP contribution >= 0.6 is 0 Å². The number of benzene rings is 11. The van der Waals surface area contributed by atoms with Crippen LogP contribution in [0.2, 0.25) is 0 Å². The molecule has 0 saturated heterocycles. The summed E-state index contributed by atoms with van der Waals surface area (Å²) in [5.74, 6) is 1.64. The Morgan fingerprint density at radius 1 is 0.266 bits per heavy atom. The lowest BCUT2D eigenvalue weighted by molar-refractivity contribution is 0.488. The van der Waals surface area contributed by atoms with Gasteiger partial charge >= 0.3 is 0 Å². The second-order valence-electron chi connectivity index (χ2n) is 16.5. The quantitative estimate of drug-likeness (QED) is 0.159. The number of rotatable bonds is 7. The lowest BCUT2D eigenvalue weighted by Crippen LogP contribution is -2.11. The molecule has 0 amide bonds. The van der Waals surface area contributed by atoms with Gasteiger partial charge in [0.15, 0.2) is 0 Å². The Morgan fingerprint density at radius 3 is 1.34 bits per heavy atom. The molecule has 11 aromatic rings. The normalized spacial score (nSPS) is 11.6. The van der Waals surface area contributed by atoms with E-state index in [2.05, 4.69) is 254 Å². The molecule has 0 saturated carbocycles. The van der Waals surface area contributed by atoms with Crippen LogP contribution < -0.4 is 9.64 Å². The van der Waals surface area contributed by atoms with Crippen molar-refractivity contribution in [2.75, 3.05) is 4.90 Å². The first-order valence-corrected chi connectivity index (χ1v) is 21.9.